The predicted molar refractivity (Wildman–Crippen MR) is 92.5 cm³/mol. The van der Waals surface area contributed by atoms with Crippen LogP contribution in [0.4, 0.5) is 0 Å². The molecule has 0 aromatic carbocycles. The van der Waals surface area contributed by atoms with Gasteiger partial charge in [0.1, 0.15) is 11.4 Å². The SMILES string of the molecule is CN=C(NCC(C)(O)c1ccco1)N1CCN(CC(C)C)CC1. The Kier molecular flexibility index (Phi) is 6.07. The minimum atomic E-state index is -1.06. The molecule has 1 aromatic heterocycles. The number of hydrogen-bond acceptors (Lipinski definition) is 4. The topological polar surface area (TPSA) is 64.2 Å². The minimum absolute atomic E-state index is 0.361. The number of furan rings is 1. The molecule has 1 aromatic rings. The molecule has 1 atom stereocenters. The quantitative estimate of drug-likeness (QED) is 0.633. The first kappa shape index (κ1) is 17.8. The van der Waals surface area contributed by atoms with E-state index in [4.69, 9.17) is 4.42 Å². The number of aliphatic hydroxyl groups is 1. The Morgan fingerprint density at radius 1 is 1.39 bits per heavy atom. The fraction of sp³-hybridized carbons (Fsp3) is 0.706. The van der Waals surface area contributed by atoms with E-state index in [1.54, 1.807) is 32.4 Å². The van der Waals surface area contributed by atoms with E-state index < -0.39 is 5.60 Å². The summed E-state index contributed by atoms with van der Waals surface area (Å²) >= 11 is 0. The van der Waals surface area contributed by atoms with Crippen molar-refractivity contribution < 1.29 is 9.52 Å². The van der Waals surface area contributed by atoms with Gasteiger partial charge in [-0.25, -0.2) is 0 Å². The first-order chi connectivity index (χ1) is 10.9. The zero-order valence-electron chi connectivity index (χ0n) is 14.7. The van der Waals surface area contributed by atoms with Crippen LogP contribution in [-0.2, 0) is 5.60 Å². The van der Waals surface area contributed by atoms with Gasteiger partial charge in [-0.2, -0.15) is 0 Å². The van der Waals surface area contributed by atoms with Crippen molar-refractivity contribution in [2.75, 3.05) is 46.3 Å². The van der Waals surface area contributed by atoms with E-state index in [2.05, 4.69) is 34.0 Å². The summed E-state index contributed by atoms with van der Waals surface area (Å²) in [4.78, 5) is 9.09. The summed E-state index contributed by atoms with van der Waals surface area (Å²) in [5.41, 5.74) is -1.06. The zero-order valence-corrected chi connectivity index (χ0v) is 14.7. The number of aliphatic imine (C=N–C) groups is 1. The highest BCUT2D eigenvalue weighted by Crippen LogP contribution is 2.19. The lowest BCUT2D eigenvalue weighted by Crippen LogP contribution is -2.54. The van der Waals surface area contributed by atoms with Crippen LogP contribution >= 0.6 is 0 Å². The van der Waals surface area contributed by atoms with Crippen LogP contribution in [-0.4, -0.2) is 67.2 Å². The third kappa shape index (κ3) is 4.97. The van der Waals surface area contributed by atoms with Crippen molar-refractivity contribution in [3.05, 3.63) is 24.2 Å². The molecule has 1 saturated heterocycles. The zero-order chi connectivity index (χ0) is 16.9. The van der Waals surface area contributed by atoms with Crippen LogP contribution in [0.15, 0.2) is 27.8 Å². The maximum absolute atomic E-state index is 10.5. The number of piperazine rings is 1. The summed E-state index contributed by atoms with van der Waals surface area (Å²) < 4.78 is 5.31. The number of hydrogen-bond donors (Lipinski definition) is 2. The number of guanidine groups is 1. The molecule has 6 heteroatoms. The van der Waals surface area contributed by atoms with E-state index in [-0.39, 0.29) is 0 Å². The standard InChI is InChI=1S/C17H30N4O2/c1-14(2)12-20-7-9-21(10-8-20)16(18-4)19-13-17(3,22)15-6-5-11-23-15/h5-6,11,14,22H,7-10,12-13H2,1-4H3,(H,18,19). The molecule has 2 heterocycles. The normalized spacial score (nSPS) is 19.9. The van der Waals surface area contributed by atoms with Crippen molar-refractivity contribution in [3.63, 3.8) is 0 Å². The summed E-state index contributed by atoms with van der Waals surface area (Å²) in [7, 11) is 1.78. The second-order valence-corrected chi connectivity index (χ2v) is 6.83. The Hall–Kier alpha value is -1.53. The molecule has 130 valence electrons. The van der Waals surface area contributed by atoms with Crippen LogP contribution in [0, 0.1) is 5.92 Å². The number of nitrogens with one attached hydrogen (secondary N) is 1. The Morgan fingerprint density at radius 3 is 2.61 bits per heavy atom. The average molecular weight is 322 g/mol. The molecular formula is C17H30N4O2. The maximum atomic E-state index is 10.5. The molecule has 0 spiro atoms. The van der Waals surface area contributed by atoms with Crippen molar-refractivity contribution in [1.29, 1.82) is 0 Å². The lowest BCUT2D eigenvalue weighted by Gasteiger charge is -2.37. The van der Waals surface area contributed by atoms with E-state index in [0.29, 0.717) is 18.2 Å². The van der Waals surface area contributed by atoms with Crippen LogP contribution in [0.5, 0.6) is 0 Å². The van der Waals surface area contributed by atoms with Crippen LogP contribution in [0.3, 0.4) is 0 Å². The van der Waals surface area contributed by atoms with Crippen molar-refractivity contribution >= 4 is 5.96 Å². The smallest absolute Gasteiger partial charge is 0.193 e. The Balaban J connectivity index is 1.85. The molecule has 2 rings (SSSR count). The van der Waals surface area contributed by atoms with Crippen LogP contribution in [0.25, 0.3) is 0 Å². The summed E-state index contributed by atoms with van der Waals surface area (Å²) in [6.45, 7) is 11.8. The molecule has 0 amide bonds. The van der Waals surface area contributed by atoms with E-state index in [9.17, 15) is 5.11 Å². The number of rotatable bonds is 5. The van der Waals surface area contributed by atoms with E-state index in [1.165, 1.54) is 0 Å². The average Bonchev–Trinajstić information content (AvgIpc) is 3.04. The molecule has 0 bridgehead atoms. The molecule has 1 aliphatic heterocycles. The summed E-state index contributed by atoms with van der Waals surface area (Å²) in [5, 5.41) is 13.8. The summed E-state index contributed by atoms with van der Waals surface area (Å²) in [6.07, 6.45) is 1.58. The van der Waals surface area contributed by atoms with Crippen molar-refractivity contribution in [1.82, 2.24) is 15.1 Å². The molecular weight excluding hydrogens is 292 g/mol. The van der Waals surface area contributed by atoms with Gasteiger partial charge >= 0.3 is 0 Å². The predicted octanol–water partition coefficient (Wildman–Crippen LogP) is 1.34. The highest BCUT2D eigenvalue weighted by atomic mass is 16.4. The molecule has 6 nitrogen and oxygen atoms in total. The minimum Gasteiger partial charge on any atom is -0.466 e. The number of nitrogens with zero attached hydrogens (tertiary/aromatic N) is 3. The van der Waals surface area contributed by atoms with Crippen molar-refractivity contribution in [3.8, 4) is 0 Å². The van der Waals surface area contributed by atoms with Crippen LogP contribution < -0.4 is 5.32 Å². The van der Waals surface area contributed by atoms with Crippen molar-refractivity contribution in [2.45, 2.75) is 26.4 Å². The van der Waals surface area contributed by atoms with Gasteiger partial charge in [-0.1, -0.05) is 13.8 Å². The van der Waals surface area contributed by atoms with Gasteiger partial charge < -0.3 is 19.7 Å². The molecule has 23 heavy (non-hydrogen) atoms. The third-order valence-corrected chi connectivity index (χ3v) is 4.15. The highest BCUT2D eigenvalue weighted by Gasteiger charge is 2.28. The van der Waals surface area contributed by atoms with Gasteiger partial charge in [0.15, 0.2) is 5.96 Å². The second-order valence-electron chi connectivity index (χ2n) is 6.83. The Morgan fingerprint density at radius 2 is 2.09 bits per heavy atom. The van der Waals surface area contributed by atoms with Crippen LogP contribution in [0.2, 0.25) is 0 Å². The second kappa shape index (κ2) is 7.84. The largest absolute Gasteiger partial charge is 0.466 e. The highest BCUT2D eigenvalue weighted by molar-refractivity contribution is 5.80. The first-order valence-electron chi connectivity index (χ1n) is 8.36. The Bertz CT molecular complexity index is 489. The van der Waals surface area contributed by atoms with E-state index in [0.717, 1.165) is 38.7 Å². The van der Waals surface area contributed by atoms with Gasteiger partial charge in [-0.05, 0) is 25.0 Å². The molecule has 1 fully saturated rings. The molecule has 1 unspecified atom stereocenters. The fourth-order valence-corrected chi connectivity index (χ4v) is 2.91. The van der Waals surface area contributed by atoms with Gasteiger partial charge in [0.2, 0.25) is 0 Å². The van der Waals surface area contributed by atoms with Crippen LogP contribution in [0.1, 0.15) is 26.5 Å². The lowest BCUT2D eigenvalue weighted by atomic mass is 10.0. The van der Waals surface area contributed by atoms with Gasteiger partial charge in [0.05, 0.1) is 12.8 Å². The lowest BCUT2D eigenvalue weighted by molar-refractivity contribution is 0.0376. The fourth-order valence-electron chi connectivity index (χ4n) is 2.91. The molecule has 2 N–H and O–H groups in total. The summed E-state index contributed by atoms with van der Waals surface area (Å²) in [6, 6.07) is 3.57. The van der Waals surface area contributed by atoms with E-state index >= 15 is 0 Å². The first-order valence-corrected chi connectivity index (χ1v) is 8.36. The molecule has 0 radical (unpaired) electrons. The summed E-state index contributed by atoms with van der Waals surface area (Å²) in [5.74, 6) is 2.09. The van der Waals surface area contributed by atoms with Gasteiger partial charge in [-0.3, -0.25) is 9.89 Å². The molecule has 0 saturated carbocycles. The van der Waals surface area contributed by atoms with Gasteiger partial charge in [0.25, 0.3) is 0 Å². The van der Waals surface area contributed by atoms with Crippen molar-refractivity contribution in [2.24, 2.45) is 10.9 Å². The third-order valence-electron chi connectivity index (χ3n) is 4.15. The Labute approximate surface area is 139 Å². The van der Waals surface area contributed by atoms with E-state index in [1.807, 2.05) is 0 Å². The monoisotopic (exact) mass is 322 g/mol. The molecule has 0 aliphatic carbocycles. The molecule has 1 aliphatic rings. The van der Waals surface area contributed by atoms with Gasteiger partial charge in [0, 0.05) is 39.8 Å². The van der Waals surface area contributed by atoms with Gasteiger partial charge in [-0.15, -0.1) is 0 Å². The maximum Gasteiger partial charge on any atom is 0.193 e.